The number of nitrogens with one attached hydrogen (secondary N) is 3. The molecule has 0 fully saturated rings. The Kier molecular flexibility index (Phi) is 11.2. The highest BCUT2D eigenvalue weighted by Gasteiger charge is 2.32. The van der Waals surface area contributed by atoms with Crippen molar-refractivity contribution in [2.24, 2.45) is 11.7 Å². The zero-order valence-electron chi connectivity index (χ0n) is 16.3. The van der Waals surface area contributed by atoms with E-state index in [9.17, 15) is 29.1 Å². The molecule has 0 saturated carbocycles. The fraction of sp³-hybridized carbons (Fsp3) is 0.688. The molecule has 0 aromatic carbocycles. The summed E-state index contributed by atoms with van der Waals surface area (Å²) in [6, 6.07) is -5.48. The summed E-state index contributed by atoms with van der Waals surface area (Å²) in [5.74, 6) is -6.22. The van der Waals surface area contributed by atoms with Gasteiger partial charge in [0.1, 0.15) is 24.2 Å². The van der Waals surface area contributed by atoms with E-state index in [-0.39, 0.29) is 5.75 Å². The van der Waals surface area contributed by atoms with Crippen LogP contribution < -0.4 is 21.7 Å². The van der Waals surface area contributed by atoms with Crippen LogP contribution in [-0.4, -0.2) is 81.0 Å². The second kappa shape index (κ2) is 12.2. The van der Waals surface area contributed by atoms with Gasteiger partial charge in [-0.1, -0.05) is 13.8 Å². The third-order valence-electron chi connectivity index (χ3n) is 3.88. The molecule has 12 nitrogen and oxygen atoms in total. The number of aliphatic hydroxyl groups excluding tert-OH is 1. The van der Waals surface area contributed by atoms with Crippen LogP contribution in [0.15, 0.2) is 0 Å². The lowest BCUT2D eigenvalue weighted by Crippen LogP contribution is -2.59. The van der Waals surface area contributed by atoms with Crippen molar-refractivity contribution in [3.8, 4) is 0 Å². The molecule has 5 unspecified atom stereocenters. The van der Waals surface area contributed by atoms with E-state index in [1.807, 2.05) is 0 Å². The van der Waals surface area contributed by atoms with E-state index in [4.69, 9.17) is 15.9 Å². The second-order valence-corrected chi connectivity index (χ2v) is 7.10. The number of aliphatic carboxylic acids is 2. The molecule has 29 heavy (non-hydrogen) atoms. The molecule has 0 bridgehead atoms. The van der Waals surface area contributed by atoms with Gasteiger partial charge in [0.15, 0.2) is 0 Å². The molecule has 0 aromatic heterocycles. The maximum Gasteiger partial charge on any atom is 0.326 e. The van der Waals surface area contributed by atoms with Gasteiger partial charge in [-0.25, -0.2) is 4.79 Å². The fourth-order valence-corrected chi connectivity index (χ4v) is 2.36. The van der Waals surface area contributed by atoms with Gasteiger partial charge in [0.05, 0.1) is 12.5 Å². The number of amides is 3. The lowest BCUT2D eigenvalue weighted by atomic mass is 10.0. The molecule has 0 aliphatic rings. The van der Waals surface area contributed by atoms with Gasteiger partial charge in [0.2, 0.25) is 17.7 Å². The Morgan fingerprint density at radius 3 is 1.76 bits per heavy atom. The molecule has 0 aliphatic carbocycles. The van der Waals surface area contributed by atoms with Crippen LogP contribution in [0.5, 0.6) is 0 Å². The largest absolute Gasteiger partial charge is 0.481 e. The van der Waals surface area contributed by atoms with Crippen molar-refractivity contribution in [3.05, 3.63) is 0 Å². The van der Waals surface area contributed by atoms with E-state index in [1.165, 1.54) is 6.92 Å². The van der Waals surface area contributed by atoms with Crippen molar-refractivity contribution in [3.63, 3.8) is 0 Å². The van der Waals surface area contributed by atoms with Crippen molar-refractivity contribution in [2.45, 2.75) is 57.5 Å². The molecular formula is C16H28N4O8S. The summed E-state index contributed by atoms with van der Waals surface area (Å²) in [6.45, 7) is 4.37. The lowest BCUT2D eigenvalue weighted by Gasteiger charge is -2.25. The number of thiol groups is 1. The minimum atomic E-state index is -1.59. The van der Waals surface area contributed by atoms with E-state index >= 15 is 0 Å². The topological polar surface area (TPSA) is 208 Å². The van der Waals surface area contributed by atoms with Gasteiger partial charge in [0, 0.05) is 5.75 Å². The van der Waals surface area contributed by atoms with Crippen LogP contribution in [0.2, 0.25) is 0 Å². The van der Waals surface area contributed by atoms with Crippen molar-refractivity contribution < 1.29 is 39.3 Å². The molecule has 5 atom stereocenters. The highest BCUT2D eigenvalue weighted by Crippen LogP contribution is 2.04. The molecule has 8 N–H and O–H groups in total. The SMILES string of the molecule is CC(C)C(NC(=O)C(CC(=O)O)NC(=O)C(CS)NC(=O)C(N)C(C)O)C(=O)O. The first-order chi connectivity index (χ1) is 13.3. The molecule has 0 aliphatic heterocycles. The molecule has 13 heteroatoms. The number of rotatable bonds is 12. The van der Waals surface area contributed by atoms with Gasteiger partial charge >= 0.3 is 11.9 Å². The van der Waals surface area contributed by atoms with E-state index in [0.717, 1.165) is 0 Å². The number of carbonyl (C=O) groups is 5. The summed E-state index contributed by atoms with van der Waals surface area (Å²) in [7, 11) is 0. The standard InChI is InChI=1S/C16H28N4O8S/c1-6(2)12(16(27)28)20-13(24)8(4-10(22)23)18-14(25)9(5-29)19-15(26)11(17)7(3)21/h6-9,11-12,21,29H,4-5,17H2,1-3H3,(H,18,25)(H,19,26)(H,20,24)(H,22,23)(H,27,28). The van der Waals surface area contributed by atoms with Gasteiger partial charge in [-0.15, -0.1) is 0 Å². The summed E-state index contributed by atoms with van der Waals surface area (Å²) in [5.41, 5.74) is 5.47. The fourth-order valence-electron chi connectivity index (χ4n) is 2.10. The van der Waals surface area contributed by atoms with Crippen LogP contribution in [-0.2, 0) is 24.0 Å². The summed E-state index contributed by atoms with van der Waals surface area (Å²) < 4.78 is 0. The Morgan fingerprint density at radius 1 is 0.897 bits per heavy atom. The molecule has 3 amide bonds. The maximum absolute atomic E-state index is 12.4. The normalized spacial score (nSPS) is 16.1. The zero-order valence-corrected chi connectivity index (χ0v) is 17.2. The van der Waals surface area contributed by atoms with Crippen LogP contribution in [0.3, 0.4) is 0 Å². The van der Waals surface area contributed by atoms with Gasteiger partial charge in [-0.3, -0.25) is 19.2 Å². The van der Waals surface area contributed by atoms with E-state index in [0.29, 0.717) is 0 Å². The van der Waals surface area contributed by atoms with Gasteiger partial charge in [-0.2, -0.15) is 12.6 Å². The molecule has 0 saturated heterocycles. The molecular weight excluding hydrogens is 408 g/mol. The maximum atomic E-state index is 12.4. The van der Waals surface area contributed by atoms with Crippen LogP contribution >= 0.6 is 12.6 Å². The molecule has 0 rings (SSSR count). The average Bonchev–Trinajstić information content (AvgIpc) is 2.61. The van der Waals surface area contributed by atoms with E-state index in [2.05, 4.69) is 28.6 Å². The van der Waals surface area contributed by atoms with Crippen LogP contribution in [0.4, 0.5) is 0 Å². The molecule has 166 valence electrons. The Hall–Kier alpha value is -2.38. The number of carboxylic acid groups (broad SMARTS) is 2. The minimum Gasteiger partial charge on any atom is -0.481 e. The Balaban J connectivity index is 5.30. The van der Waals surface area contributed by atoms with Gasteiger partial charge < -0.3 is 37.0 Å². The van der Waals surface area contributed by atoms with Crippen molar-refractivity contribution in [1.29, 1.82) is 0 Å². The lowest BCUT2D eigenvalue weighted by molar-refractivity contribution is -0.144. The number of nitrogens with two attached hydrogens (primary N) is 1. The van der Waals surface area contributed by atoms with Crippen molar-refractivity contribution in [2.75, 3.05) is 5.75 Å². The predicted octanol–water partition coefficient (Wildman–Crippen LogP) is -2.71. The van der Waals surface area contributed by atoms with Crippen LogP contribution in [0.1, 0.15) is 27.2 Å². The average molecular weight is 436 g/mol. The molecule has 0 heterocycles. The number of hydrogen-bond donors (Lipinski definition) is 8. The van der Waals surface area contributed by atoms with Gasteiger partial charge in [-0.05, 0) is 12.8 Å². The highest BCUT2D eigenvalue weighted by atomic mass is 32.1. The van der Waals surface area contributed by atoms with Crippen molar-refractivity contribution in [1.82, 2.24) is 16.0 Å². The molecule has 0 radical (unpaired) electrons. The second-order valence-electron chi connectivity index (χ2n) is 6.74. The monoisotopic (exact) mass is 436 g/mol. The quantitative estimate of drug-likeness (QED) is 0.149. The Morgan fingerprint density at radius 2 is 1.38 bits per heavy atom. The number of carboxylic acids is 2. The number of carbonyl (C=O) groups excluding carboxylic acids is 3. The third kappa shape index (κ3) is 9.11. The summed E-state index contributed by atoms with van der Waals surface area (Å²) >= 11 is 3.93. The van der Waals surface area contributed by atoms with E-state index < -0.39 is 72.3 Å². The third-order valence-corrected chi connectivity index (χ3v) is 4.25. The number of aliphatic hydroxyl groups is 1. The van der Waals surface area contributed by atoms with Crippen molar-refractivity contribution >= 4 is 42.3 Å². The van der Waals surface area contributed by atoms with E-state index in [1.54, 1.807) is 13.8 Å². The summed E-state index contributed by atoms with van der Waals surface area (Å²) in [4.78, 5) is 58.9. The first-order valence-electron chi connectivity index (χ1n) is 8.72. The first-order valence-corrected chi connectivity index (χ1v) is 9.35. The molecule has 0 spiro atoms. The van der Waals surface area contributed by atoms with Crippen LogP contribution in [0, 0.1) is 5.92 Å². The minimum absolute atomic E-state index is 0.213. The van der Waals surface area contributed by atoms with Crippen LogP contribution in [0.25, 0.3) is 0 Å². The summed E-state index contributed by atoms with van der Waals surface area (Å²) in [6.07, 6.45) is -2.00. The number of hydrogen-bond acceptors (Lipinski definition) is 8. The Bertz CT molecular complexity index is 628. The summed E-state index contributed by atoms with van der Waals surface area (Å²) in [5, 5.41) is 34.1. The highest BCUT2D eigenvalue weighted by molar-refractivity contribution is 7.80. The predicted molar refractivity (Wildman–Crippen MR) is 104 cm³/mol. The zero-order chi connectivity index (χ0) is 22.9. The smallest absolute Gasteiger partial charge is 0.326 e. The molecule has 0 aromatic rings. The first kappa shape index (κ1) is 26.6. The van der Waals surface area contributed by atoms with Gasteiger partial charge in [0.25, 0.3) is 0 Å². The Labute approximate surface area is 173 Å².